The Hall–Kier alpha value is -2.48. The predicted molar refractivity (Wildman–Crippen MR) is 103 cm³/mol. The highest BCUT2D eigenvalue weighted by Gasteiger charge is 2.28. The number of aromatic nitrogens is 2. The fraction of sp³-hybridized carbons (Fsp3) is 0.476. The molecule has 1 fully saturated rings. The lowest BCUT2D eigenvalue weighted by Gasteiger charge is -2.32. The molecule has 0 unspecified atom stereocenters. The van der Waals surface area contributed by atoms with Gasteiger partial charge < -0.3 is 18.6 Å². The highest BCUT2D eigenvalue weighted by Crippen LogP contribution is 2.31. The molecule has 1 aliphatic heterocycles. The Balaban J connectivity index is 1.34. The van der Waals surface area contributed by atoms with Crippen molar-refractivity contribution in [2.75, 3.05) is 19.6 Å². The summed E-state index contributed by atoms with van der Waals surface area (Å²) in [6.45, 7) is 3.59. The number of aryl methyl sites for hydroxylation is 1. The van der Waals surface area contributed by atoms with Gasteiger partial charge in [-0.25, -0.2) is 4.98 Å². The third-order valence-electron chi connectivity index (χ3n) is 5.30. The number of halogens is 3. The van der Waals surface area contributed by atoms with E-state index in [-0.39, 0.29) is 6.10 Å². The van der Waals surface area contributed by atoms with Gasteiger partial charge in [0.25, 0.3) is 0 Å². The smallest absolute Gasteiger partial charge is 0.406 e. The largest absolute Gasteiger partial charge is 0.490 e. The number of oxazole rings is 1. The van der Waals surface area contributed by atoms with Crippen LogP contribution in [0.4, 0.5) is 13.2 Å². The summed E-state index contributed by atoms with van der Waals surface area (Å²) in [6, 6.07) is 6.98. The summed E-state index contributed by atoms with van der Waals surface area (Å²) in [6.07, 6.45) is 1.66. The van der Waals surface area contributed by atoms with Crippen molar-refractivity contribution in [3.63, 3.8) is 0 Å². The van der Waals surface area contributed by atoms with Gasteiger partial charge in [-0.1, -0.05) is 6.07 Å². The number of piperidine rings is 1. The van der Waals surface area contributed by atoms with E-state index in [4.69, 9.17) is 9.15 Å². The topological polar surface area (TPSA) is 43.4 Å². The highest BCUT2D eigenvalue weighted by molar-refractivity contribution is 5.86. The van der Waals surface area contributed by atoms with Crippen LogP contribution in [0.15, 0.2) is 41.1 Å². The zero-order chi connectivity index (χ0) is 20.4. The zero-order valence-corrected chi connectivity index (χ0v) is 16.3. The maximum atomic E-state index is 12.8. The molecule has 2 aromatic heterocycles. The second-order valence-corrected chi connectivity index (χ2v) is 7.50. The number of likely N-dealkylation sites (tertiary alicyclic amines) is 1. The number of hydrogen-bond acceptors (Lipinski definition) is 4. The summed E-state index contributed by atoms with van der Waals surface area (Å²) in [5, 5.41) is 0.722. The van der Waals surface area contributed by atoms with Crippen molar-refractivity contribution in [1.82, 2.24) is 14.5 Å². The Morgan fingerprint density at radius 1 is 1.21 bits per heavy atom. The molecule has 3 aromatic rings. The zero-order valence-electron chi connectivity index (χ0n) is 16.3. The first-order valence-corrected chi connectivity index (χ1v) is 9.82. The summed E-state index contributed by atoms with van der Waals surface area (Å²) >= 11 is 0. The third kappa shape index (κ3) is 4.93. The molecule has 5 nitrogen and oxygen atoms in total. The SMILES string of the molecule is Cc1ncc(CCN2CCC(Oc3cccc4c3ccn4CC(F)(F)F)CC2)o1. The van der Waals surface area contributed by atoms with Crippen LogP contribution in [0.3, 0.4) is 0 Å². The maximum Gasteiger partial charge on any atom is 0.406 e. The van der Waals surface area contributed by atoms with Gasteiger partial charge in [-0.15, -0.1) is 0 Å². The minimum absolute atomic E-state index is 0.0651. The lowest BCUT2D eigenvalue weighted by molar-refractivity contribution is -0.139. The minimum atomic E-state index is -4.25. The summed E-state index contributed by atoms with van der Waals surface area (Å²) in [5.41, 5.74) is 0.541. The summed E-state index contributed by atoms with van der Waals surface area (Å²) in [5.74, 6) is 2.24. The molecular formula is C21H24F3N3O2. The normalized spacial score (nSPS) is 16.6. The molecule has 0 saturated carbocycles. The summed E-state index contributed by atoms with van der Waals surface area (Å²) in [7, 11) is 0. The number of fused-ring (bicyclic) bond motifs is 1. The van der Waals surface area contributed by atoms with Crippen molar-refractivity contribution >= 4 is 10.9 Å². The second-order valence-electron chi connectivity index (χ2n) is 7.50. The number of nitrogens with zero attached hydrogens (tertiary/aromatic N) is 3. The van der Waals surface area contributed by atoms with Crippen LogP contribution in [0.1, 0.15) is 24.5 Å². The highest BCUT2D eigenvalue weighted by atomic mass is 19.4. The lowest BCUT2D eigenvalue weighted by atomic mass is 10.1. The molecule has 0 amide bonds. The monoisotopic (exact) mass is 407 g/mol. The van der Waals surface area contributed by atoms with Crippen molar-refractivity contribution in [1.29, 1.82) is 0 Å². The van der Waals surface area contributed by atoms with Crippen molar-refractivity contribution < 1.29 is 22.3 Å². The summed E-state index contributed by atoms with van der Waals surface area (Å²) in [4.78, 5) is 6.49. The Morgan fingerprint density at radius 3 is 2.69 bits per heavy atom. The first-order valence-electron chi connectivity index (χ1n) is 9.82. The van der Waals surface area contributed by atoms with Crippen LogP contribution in [0.25, 0.3) is 10.9 Å². The van der Waals surface area contributed by atoms with Gasteiger partial charge in [0.2, 0.25) is 0 Å². The number of hydrogen-bond donors (Lipinski definition) is 0. The van der Waals surface area contributed by atoms with E-state index in [1.54, 1.807) is 24.4 Å². The van der Waals surface area contributed by atoms with E-state index in [0.717, 1.165) is 50.0 Å². The van der Waals surface area contributed by atoms with Gasteiger partial charge in [0.15, 0.2) is 5.89 Å². The van der Waals surface area contributed by atoms with E-state index in [0.29, 0.717) is 17.2 Å². The van der Waals surface area contributed by atoms with Crippen LogP contribution in [0.2, 0.25) is 0 Å². The maximum absolute atomic E-state index is 12.8. The van der Waals surface area contributed by atoms with Crippen LogP contribution in [-0.2, 0) is 13.0 Å². The molecule has 8 heteroatoms. The van der Waals surface area contributed by atoms with Crippen LogP contribution >= 0.6 is 0 Å². The van der Waals surface area contributed by atoms with Crippen LogP contribution in [0, 0.1) is 6.92 Å². The van der Waals surface area contributed by atoms with Gasteiger partial charge in [-0.3, -0.25) is 0 Å². The average Bonchev–Trinajstić information content (AvgIpc) is 3.27. The molecule has 4 rings (SSSR count). The van der Waals surface area contributed by atoms with Gasteiger partial charge in [-0.2, -0.15) is 13.2 Å². The Morgan fingerprint density at radius 2 is 2.00 bits per heavy atom. The molecular weight excluding hydrogens is 383 g/mol. The van der Waals surface area contributed by atoms with Crippen LogP contribution < -0.4 is 4.74 Å². The number of ether oxygens (including phenoxy) is 1. The van der Waals surface area contributed by atoms with Crippen LogP contribution in [0.5, 0.6) is 5.75 Å². The van der Waals surface area contributed by atoms with Crippen LogP contribution in [-0.4, -0.2) is 46.4 Å². The molecule has 0 spiro atoms. The number of alkyl halides is 3. The lowest BCUT2D eigenvalue weighted by Crippen LogP contribution is -2.39. The Kier molecular flexibility index (Phi) is 5.54. The van der Waals surface area contributed by atoms with E-state index in [2.05, 4.69) is 9.88 Å². The second kappa shape index (κ2) is 8.10. The van der Waals surface area contributed by atoms with Gasteiger partial charge in [0, 0.05) is 44.6 Å². The third-order valence-corrected chi connectivity index (χ3v) is 5.30. The first kappa shape index (κ1) is 19.8. The predicted octanol–water partition coefficient (Wildman–Crippen LogP) is 4.59. The summed E-state index contributed by atoms with van der Waals surface area (Å²) < 4.78 is 51.2. The molecule has 0 radical (unpaired) electrons. The van der Waals surface area contributed by atoms with Crippen molar-refractivity contribution in [2.45, 2.75) is 45.0 Å². The molecule has 0 N–H and O–H groups in total. The molecule has 0 bridgehead atoms. The quantitative estimate of drug-likeness (QED) is 0.600. The molecule has 29 heavy (non-hydrogen) atoms. The number of rotatable bonds is 6. The average molecular weight is 407 g/mol. The fourth-order valence-corrected chi connectivity index (χ4v) is 3.85. The molecule has 1 aliphatic rings. The minimum Gasteiger partial charge on any atom is -0.490 e. The van der Waals surface area contributed by atoms with Gasteiger partial charge in [-0.05, 0) is 31.0 Å². The van der Waals surface area contributed by atoms with Crippen molar-refractivity contribution in [3.05, 3.63) is 48.3 Å². The fourth-order valence-electron chi connectivity index (χ4n) is 3.85. The van der Waals surface area contributed by atoms with Crippen molar-refractivity contribution in [3.8, 4) is 5.75 Å². The standard InChI is InChI=1S/C21H24F3N3O2/c1-15-25-13-17(28-15)7-11-26-9-5-16(6-10-26)29-20-4-2-3-19-18(20)8-12-27(19)14-21(22,23)24/h2-4,8,12-13,16H,5-7,9-11,14H2,1H3. The van der Waals surface area contributed by atoms with Crippen molar-refractivity contribution in [2.24, 2.45) is 0 Å². The van der Waals surface area contributed by atoms with Gasteiger partial charge in [0.05, 0.1) is 11.7 Å². The van der Waals surface area contributed by atoms with E-state index < -0.39 is 12.7 Å². The van der Waals surface area contributed by atoms with Gasteiger partial charge >= 0.3 is 6.18 Å². The van der Waals surface area contributed by atoms with E-state index >= 15 is 0 Å². The molecule has 0 aliphatic carbocycles. The Labute approximate surface area is 167 Å². The van der Waals surface area contributed by atoms with E-state index in [9.17, 15) is 13.2 Å². The molecule has 3 heterocycles. The Bertz CT molecular complexity index is 956. The van der Waals surface area contributed by atoms with E-state index in [1.807, 2.05) is 13.0 Å². The molecule has 1 saturated heterocycles. The van der Waals surface area contributed by atoms with Gasteiger partial charge in [0.1, 0.15) is 24.2 Å². The molecule has 156 valence electrons. The molecule has 1 aromatic carbocycles. The first-order chi connectivity index (χ1) is 13.9. The molecule has 0 atom stereocenters. The van der Waals surface area contributed by atoms with E-state index in [1.165, 1.54) is 10.8 Å². The number of benzene rings is 1.